The summed E-state index contributed by atoms with van der Waals surface area (Å²) in [4.78, 5) is 11.4. The Kier molecular flexibility index (Phi) is 4.13. The SMILES string of the molecule is C[NH2+]CCOC(=O)c1ccc(C)cc1. The third-order valence-electron chi connectivity index (χ3n) is 1.93. The zero-order valence-corrected chi connectivity index (χ0v) is 8.62. The van der Waals surface area contributed by atoms with Gasteiger partial charge in [0.2, 0.25) is 0 Å². The molecule has 0 aliphatic heterocycles. The van der Waals surface area contributed by atoms with Crippen LogP contribution in [0, 0.1) is 6.92 Å². The summed E-state index contributed by atoms with van der Waals surface area (Å²) in [6, 6.07) is 7.38. The van der Waals surface area contributed by atoms with Crippen molar-refractivity contribution in [2.75, 3.05) is 20.2 Å². The number of nitrogens with two attached hydrogens (primary N) is 1. The molecule has 1 aromatic carbocycles. The molecule has 3 nitrogen and oxygen atoms in total. The molecule has 0 fully saturated rings. The van der Waals surface area contributed by atoms with Crippen LogP contribution in [0.4, 0.5) is 0 Å². The van der Waals surface area contributed by atoms with Crippen LogP contribution in [0.15, 0.2) is 24.3 Å². The first-order valence-electron chi connectivity index (χ1n) is 4.75. The minimum absolute atomic E-state index is 0.244. The number of quaternary nitrogens is 1. The number of benzene rings is 1. The van der Waals surface area contributed by atoms with E-state index >= 15 is 0 Å². The molecule has 0 atom stereocenters. The van der Waals surface area contributed by atoms with E-state index < -0.39 is 0 Å². The second kappa shape index (κ2) is 5.40. The van der Waals surface area contributed by atoms with Gasteiger partial charge in [-0.2, -0.15) is 0 Å². The molecule has 1 rings (SSSR count). The van der Waals surface area contributed by atoms with Crippen LogP contribution >= 0.6 is 0 Å². The van der Waals surface area contributed by atoms with Gasteiger partial charge in [-0.25, -0.2) is 4.79 Å². The van der Waals surface area contributed by atoms with Crippen LogP contribution < -0.4 is 5.32 Å². The Morgan fingerprint density at radius 2 is 2.00 bits per heavy atom. The van der Waals surface area contributed by atoms with Gasteiger partial charge < -0.3 is 10.1 Å². The van der Waals surface area contributed by atoms with Crippen molar-refractivity contribution in [2.24, 2.45) is 0 Å². The highest BCUT2D eigenvalue weighted by Crippen LogP contribution is 2.04. The van der Waals surface area contributed by atoms with Crippen molar-refractivity contribution < 1.29 is 14.8 Å². The lowest BCUT2D eigenvalue weighted by Gasteiger charge is -2.02. The summed E-state index contributed by atoms with van der Waals surface area (Å²) in [5, 5.41) is 1.97. The van der Waals surface area contributed by atoms with Crippen molar-refractivity contribution in [3.63, 3.8) is 0 Å². The van der Waals surface area contributed by atoms with Gasteiger partial charge in [0.1, 0.15) is 13.2 Å². The largest absolute Gasteiger partial charge is 0.456 e. The van der Waals surface area contributed by atoms with E-state index in [1.54, 1.807) is 12.1 Å². The summed E-state index contributed by atoms with van der Waals surface area (Å²) in [7, 11) is 1.94. The number of likely N-dealkylation sites (N-methyl/N-ethyl adjacent to an activating group) is 1. The quantitative estimate of drug-likeness (QED) is 0.555. The monoisotopic (exact) mass is 194 g/mol. The number of ether oxygens (including phenoxy) is 1. The van der Waals surface area contributed by atoms with Crippen LogP contribution in [-0.4, -0.2) is 26.2 Å². The summed E-state index contributed by atoms with van der Waals surface area (Å²) >= 11 is 0. The standard InChI is InChI=1S/C11H15NO2/c1-9-3-5-10(6-4-9)11(13)14-8-7-12-2/h3-6,12H,7-8H2,1-2H3/p+1. The number of carbonyl (C=O) groups excluding carboxylic acids is 1. The molecule has 0 aliphatic carbocycles. The smallest absolute Gasteiger partial charge is 0.338 e. The third kappa shape index (κ3) is 3.18. The molecule has 0 saturated carbocycles. The lowest BCUT2D eigenvalue weighted by Crippen LogP contribution is -2.80. The topological polar surface area (TPSA) is 42.9 Å². The number of esters is 1. The minimum Gasteiger partial charge on any atom is -0.456 e. The van der Waals surface area contributed by atoms with Crippen molar-refractivity contribution in [2.45, 2.75) is 6.92 Å². The molecule has 0 spiro atoms. The predicted molar refractivity (Wildman–Crippen MR) is 54.2 cm³/mol. The van der Waals surface area contributed by atoms with Gasteiger partial charge in [0.25, 0.3) is 0 Å². The Labute approximate surface area is 84.1 Å². The molecule has 0 saturated heterocycles. The Hall–Kier alpha value is -1.35. The summed E-state index contributed by atoms with van der Waals surface area (Å²) < 4.78 is 5.04. The molecule has 0 aromatic heterocycles. The Morgan fingerprint density at radius 3 is 2.57 bits per heavy atom. The molecular weight excluding hydrogens is 178 g/mol. The van der Waals surface area contributed by atoms with Crippen molar-refractivity contribution in [1.82, 2.24) is 0 Å². The summed E-state index contributed by atoms with van der Waals surface area (Å²) in [6.45, 7) is 3.25. The third-order valence-corrected chi connectivity index (χ3v) is 1.93. The predicted octanol–water partition coefficient (Wildman–Crippen LogP) is 0.345. The molecule has 0 unspecified atom stereocenters. The maximum atomic E-state index is 11.4. The zero-order valence-electron chi connectivity index (χ0n) is 8.62. The highest BCUT2D eigenvalue weighted by molar-refractivity contribution is 5.89. The van der Waals surface area contributed by atoms with Crippen molar-refractivity contribution in [3.05, 3.63) is 35.4 Å². The average Bonchev–Trinajstić information content (AvgIpc) is 2.19. The van der Waals surface area contributed by atoms with E-state index in [0.29, 0.717) is 12.2 Å². The second-order valence-corrected chi connectivity index (χ2v) is 3.20. The number of hydrogen-bond acceptors (Lipinski definition) is 2. The Morgan fingerprint density at radius 1 is 1.36 bits per heavy atom. The Balaban J connectivity index is 2.48. The average molecular weight is 194 g/mol. The van der Waals surface area contributed by atoms with Gasteiger partial charge in [-0.1, -0.05) is 17.7 Å². The molecule has 76 valence electrons. The van der Waals surface area contributed by atoms with E-state index in [2.05, 4.69) is 0 Å². The van der Waals surface area contributed by atoms with Gasteiger partial charge in [0, 0.05) is 0 Å². The summed E-state index contributed by atoms with van der Waals surface area (Å²) in [5.41, 5.74) is 1.76. The molecule has 1 aromatic rings. The number of hydrogen-bond donors (Lipinski definition) is 1. The first-order valence-corrected chi connectivity index (χ1v) is 4.75. The van der Waals surface area contributed by atoms with Crippen LogP contribution in [0.25, 0.3) is 0 Å². The summed E-state index contributed by atoms with van der Waals surface area (Å²) in [5.74, 6) is -0.244. The zero-order chi connectivity index (χ0) is 10.4. The minimum atomic E-state index is -0.244. The van der Waals surface area contributed by atoms with Crippen LogP contribution in [0.1, 0.15) is 15.9 Å². The Bertz CT molecular complexity index is 293. The number of carbonyl (C=O) groups is 1. The van der Waals surface area contributed by atoms with Gasteiger partial charge in [-0.05, 0) is 19.1 Å². The molecule has 0 aliphatic rings. The van der Waals surface area contributed by atoms with Crippen molar-refractivity contribution in [3.8, 4) is 0 Å². The molecule has 3 heteroatoms. The molecule has 0 amide bonds. The molecule has 2 N–H and O–H groups in total. The van der Waals surface area contributed by atoms with E-state index in [4.69, 9.17) is 4.74 Å². The van der Waals surface area contributed by atoms with Crippen LogP contribution in [0.3, 0.4) is 0 Å². The van der Waals surface area contributed by atoms with Gasteiger partial charge in [-0.3, -0.25) is 0 Å². The van der Waals surface area contributed by atoms with Crippen molar-refractivity contribution >= 4 is 5.97 Å². The van der Waals surface area contributed by atoms with Crippen molar-refractivity contribution in [1.29, 1.82) is 0 Å². The molecule has 0 heterocycles. The fourth-order valence-electron chi connectivity index (χ4n) is 1.04. The fourth-order valence-corrected chi connectivity index (χ4v) is 1.04. The van der Waals surface area contributed by atoms with E-state index in [-0.39, 0.29) is 5.97 Å². The molecular formula is C11H16NO2+. The van der Waals surface area contributed by atoms with Gasteiger partial charge >= 0.3 is 5.97 Å². The van der Waals surface area contributed by atoms with Gasteiger partial charge in [0.05, 0.1) is 12.6 Å². The summed E-state index contributed by atoms with van der Waals surface area (Å²) in [6.07, 6.45) is 0. The van der Waals surface area contributed by atoms with Crippen LogP contribution in [-0.2, 0) is 4.74 Å². The van der Waals surface area contributed by atoms with E-state index in [9.17, 15) is 4.79 Å². The molecule has 0 bridgehead atoms. The van der Waals surface area contributed by atoms with E-state index in [0.717, 1.165) is 12.1 Å². The van der Waals surface area contributed by atoms with Crippen LogP contribution in [0.5, 0.6) is 0 Å². The number of rotatable bonds is 4. The van der Waals surface area contributed by atoms with E-state index in [1.807, 2.05) is 31.4 Å². The first-order chi connectivity index (χ1) is 6.74. The highest BCUT2D eigenvalue weighted by Gasteiger charge is 2.05. The van der Waals surface area contributed by atoms with Crippen LogP contribution in [0.2, 0.25) is 0 Å². The number of aryl methyl sites for hydroxylation is 1. The van der Waals surface area contributed by atoms with Gasteiger partial charge in [-0.15, -0.1) is 0 Å². The fraction of sp³-hybridized carbons (Fsp3) is 0.364. The van der Waals surface area contributed by atoms with E-state index in [1.165, 1.54) is 0 Å². The second-order valence-electron chi connectivity index (χ2n) is 3.20. The molecule has 0 radical (unpaired) electrons. The normalized spacial score (nSPS) is 9.86. The maximum Gasteiger partial charge on any atom is 0.338 e. The molecule has 14 heavy (non-hydrogen) atoms. The maximum absolute atomic E-state index is 11.4. The lowest BCUT2D eigenvalue weighted by atomic mass is 10.1. The lowest BCUT2D eigenvalue weighted by molar-refractivity contribution is -0.627. The van der Waals surface area contributed by atoms with Gasteiger partial charge in [0.15, 0.2) is 0 Å². The first kappa shape index (κ1) is 10.7. The highest BCUT2D eigenvalue weighted by atomic mass is 16.5.